The maximum atomic E-state index is 12.1. The molecule has 0 fully saturated rings. The molecule has 0 aromatic rings. The average molecular weight is 252 g/mol. The molecule has 0 spiro atoms. The summed E-state index contributed by atoms with van der Waals surface area (Å²) in [6.45, 7) is 5.74. The van der Waals surface area contributed by atoms with E-state index in [2.05, 4.69) is 4.74 Å². The minimum absolute atomic E-state index is 0.0396. The number of carbonyl (C=O) groups is 3. The third kappa shape index (κ3) is 3.28. The highest BCUT2D eigenvalue weighted by atomic mass is 16.5. The van der Waals surface area contributed by atoms with Gasteiger partial charge < -0.3 is 4.74 Å². The van der Waals surface area contributed by atoms with E-state index in [9.17, 15) is 14.4 Å². The summed E-state index contributed by atoms with van der Waals surface area (Å²) in [6, 6.07) is 0. The highest BCUT2D eigenvalue weighted by molar-refractivity contribution is 6.09. The minimum atomic E-state index is -0.633. The average Bonchev–Trinajstić information content (AvgIpc) is 2.22. The van der Waals surface area contributed by atoms with Gasteiger partial charge in [-0.3, -0.25) is 14.4 Å². The summed E-state index contributed by atoms with van der Waals surface area (Å²) in [5.41, 5.74) is 0.630. The van der Waals surface area contributed by atoms with E-state index in [1.54, 1.807) is 6.08 Å². The lowest BCUT2D eigenvalue weighted by molar-refractivity contribution is -0.144. The van der Waals surface area contributed by atoms with Gasteiger partial charge in [0, 0.05) is 6.42 Å². The summed E-state index contributed by atoms with van der Waals surface area (Å²) in [5.74, 6) is -1.36. The molecule has 0 aromatic heterocycles. The zero-order chi connectivity index (χ0) is 13.9. The third-order valence-electron chi connectivity index (χ3n) is 3.31. The molecule has 4 nitrogen and oxygen atoms in total. The van der Waals surface area contributed by atoms with Gasteiger partial charge in [-0.2, -0.15) is 0 Å². The molecule has 0 radical (unpaired) electrons. The Morgan fingerprint density at radius 1 is 1.39 bits per heavy atom. The van der Waals surface area contributed by atoms with Crippen molar-refractivity contribution in [2.24, 2.45) is 11.3 Å². The molecule has 0 saturated carbocycles. The fraction of sp³-hybridized carbons (Fsp3) is 0.643. The van der Waals surface area contributed by atoms with Crippen molar-refractivity contribution in [3.05, 3.63) is 11.6 Å². The van der Waals surface area contributed by atoms with Crippen LogP contribution in [0, 0.1) is 11.3 Å². The number of ketones is 2. The van der Waals surface area contributed by atoms with Gasteiger partial charge in [-0.05, 0) is 24.8 Å². The van der Waals surface area contributed by atoms with Crippen LogP contribution in [0.4, 0.5) is 0 Å². The third-order valence-corrected chi connectivity index (χ3v) is 3.31. The van der Waals surface area contributed by atoms with E-state index in [1.807, 2.05) is 20.8 Å². The van der Waals surface area contributed by atoms with E-state index < -0.39 is 11.9 Å². The maximum absolute atomic E-state index is 12.1. The number of esters is 1. The molecule has 1 rings (SSSR count). The van der Waals surface area contributed by atoms with Crippen molar-refractivity contribution in [2.45, 2.75) is 40.0 Å². The van der Waals surface area contributed by atoms with Gasteiger partial charge in [-0.25, -0.2) is 0 Å². The van der Waals surface area contributed by atoms with E-state index in [-0.39, 0.29) is 29.8 Å². The molecule has 0 amide bonds. The van der Waals surface area contributed by atoms with Crippen molar-refractivity contribution in [1.29, 1.82) is 0 Å². The Labute approximate surface area is 107 Å². The summed E-state index contributed by atoms with van der Waals surface area (Å²) >= 11 is 0. The van der Waals surface area contributed by atoms with Crippen LogP contribution in [0.25, 0.3) is 0 Å². The second kappa shape index (κ2) is 5.46. The van der Waals surface area contributed by atoms with Crippen molar-refractivity contribution in [1.82, 2.24) is 0 Å². The summed E-state index contributed by atoms with van der Waals surface area (Å²) in [4.78, 5) is 35.1. The van der Waals surface area contributed by atoms with Crippen LogP contribution in [-0.4, -0.2) is 24.6 Å². The Balaban J connectivity index is 2.78. The van der Waals surface area contributed by atoms with Gasteiger partial charge in [0.25, 0.3) is 0 Å². The first-order valence-corrected chi connectivity index (χ1v) is 6.08. The zero-order valence-electron chi connectivity index (χ0n) is 11.4. The molecule has 1 aliphatic rings. The molecule has 1 unspecified atom stereocenters. The summed E-state index contributed by atoms with van der Waals surface area (Å²) < 4.78 is 4.50. The van der Waals surface area contributed by atoms with Crippen LogP contribution in [0.2, 0.25) is 0 Å². The number of rotatable bonds is 4. The molecule has 100 valence electrons. The molecule has 0 saturated heterocycles. The molecule has 0 aliphatic heterocycles. The molecule has 4 heteroatoms. The van der Waals surface area contributed by atoms with Gasteiger partial charge >= 0.3 is 5.97 Å². The standard InChI is InChI=1S/C14H20O4/c1-9-7-11(16)13(14(2,3)8-9)10(15)5-6-12(17)18-4/h7,13H,5-6,8H2,1-4H3. The number of hydrogen-bond acceptors (Lipinski definition) is 4. The molecular formula is C14H20O4. The number of allylic oxidation sites excluding steroid dienone is 2. The van der Waals surface area contributed by atoms with Crippen LogP contribution in [0.5, 0.6) is 0 Å². The van der Waals surface area contributed by atoms with Gasteiger partial charge in [0.05, 0.1) is 19.4 Å². The van der Waals surface area contributed by atoms with Crippen LogP contribution in [0.3, 0.4) is 0 Å². The molecule has 0 bridgehead atoms. The number of Topliss-reactive ketones (excluding diaryl/α,β-unsaturated/α-hetero) is 1. The largest absolute Gasteiger partial charge is 0.469 e. The lowest BCUT2D eigenvalue weighted by Gasteiger charge is -2.35. The zero-order valence-corrected chi connectivity index (χ0v) is 11.4. The summed E-state index contributed by atoms with van der Waals surface area (Å²) in [5, 5.41) is 0. The predicted molar refractivity (Wildman–Crippen MR) is 66.9 cm³/mol. The van der Waals surface area contributed by atoms with Crippen LogP contribution in [0.1, 0.15) is 40.0 Å². The predicted octanol–water partition coefficient (Wildman–Crippen LogP) is 2.07. The Bertz CT molecular complexity index is 404. The minimum Gasteiger partial charge on any atom is -0.469 e. The first-order valence-electron chi connectivity index (χ1n) is 6.08. The normalized spacial score (nSPS) is 22.3. The van der Waals surface area contributed by atoms with Crippen LogP contribution in [-0.2, 0) is 19.1 Å². The van der Waals surface area contributed by atoms with Crippen LogP contribution in [0.15, 0.2) is 11.6 Å². The highest BCUT2D eigenvalue weighted by Gasteiger charge is 2.41. The number of methoxy groups -OCH3 is 1. The van der Waals surface area contributed by atoms with Gasteiger partial charge in [0.15, 0.2) is 5.78 Å². The smallest absolute Gasteiger partial charge is 0.305 e. The van der Waals surface area contributed by atoms with E-state index in [1.165, 1.54) is 7.11 Å². The SMILES string of the molecule is COC(=O)CCC(=O)C1C(=O)C=C(C)CC1(C)C. The molecular weight excluding hydrogens is 232 g/mol. The monoisotopic (exact) mass is 252 g/mol. The van der Waals surface area contributed by atoms with Crippen molar-refractivity contribution < 1.29 is 19.1 Å². The molecule has 0 heterocycles. The van der Waals surface area contributed by atoms with E-state index in [0.29, 0.717) is 0 Å². The van der Waals surface area contributed by atoms with Gasteiger partial charge in [-0.1, -0.05) is 19.4 Å². The Morgan fingerprint density at radius 2 is 2.00 bits per heavy atom. The van der Waals surface area contributed by atoms with Crippen LogP contribution >= 0.6 is 0 Å². The second-order valence-corrected chi connectivity index (χ2v) is 5.53. The second-order valence-electron chi connectivity index (χ2n) is 5.53. The first-order chi connectivity index (χ1) is 8.27. The number of ether oxygens (including phenoxy) is 1. The van der Waals surface area contributed by atoms with E-state index in [0.717, 1.165) is 12.0 Å². The van der Waals surface area contributed by atoms with Crippen molar-refractivity contribution >= 4 is 17.5 Å². The van der Waals surface area contributed by atoms with E-state index in [4.69, 9.17) is 0 Å². The molecule has 0 aromatic carbocycles. The summed E-state index contributed by atoms with van der Waals surface area (Å²) in [7, 11) is 1.29. The topological polar surface area (TPSA) is 60.4 Å². The van der Waals surface area contributed by atoms with Gasteiger partial charge in [0.2, 0.25) is 0 Å². The molecule has 1 aliphatic carbocycles. The molecule has 0 N–H and O–H groups in total. The van der Waals surface area contributed by atoms with Gasteiger partial charge in [-0.15, -0.1) is 0 Å². The summed E-state index contributed by atoms with van der Waals surface area (Å²) in [6.07, 6.45) is 2.39. The van der Waals surface area contributed by atoms with Gasteiger partial charge in [0.1, 0.15) is 5.78 Å². The lowest BCUT2D eigenvalue weighted by atomic mass is 9.66. The number of hydrogen-bond donors (Lipinski definition) is 0. The first kappa shape index (κ1) is 14.6. The fourth-order valence-corrected chi connectivity index (χ4v) is 2.65. The fourth-order valence-electron chi connectivity index (χ4n) is 2.65. The lowest BCUT2D eigenvalue weighted by Crippen LogP contribution is -2.39. The Hall–Kier alpha value is -1.45. The highest BCUT2D eigenvalue weighted by Crippen LogP contribution is 2.39. The van der Waals surface area contributed by atoms with E-state index >= 15 is 0 Å². The van der Waals surface area contributed by atoms with Crippen molar-refractivity contribution in [3.63, 3.8) is 0 Å². The Kier molecular flexibility index (Phi) is 4.43. The maximum Gasteiger partial charge on any atom is 0.305 e. The van der Waals surface area contributed by atoms with Crippen molar-refractivity contribution in [2.75, 3.05) is 7.11 Å². The Morgan fingerprint density at radius 3 is 2.50 bits per heavy atom. The molecule has 18 heavy (non-hydrogen) atoms. The van der Waals surface area contributed by atoms with Crippen molar-refractivity contribution in [3.8, 4) is 0 Å². The number of carbonyl (C=O) groups excluding carboxylic acids is 3. The van der Waals surface area contributed by atoms with Crippen LogP contribution < -0.4 is 0 Å². The quantitative estimate of drug-likeness (QED) is 0.567. The molecule has 1 atom stereocenters.